The first kappa shape index (κ1) is 25.5. The lowest BCUT2D eigenvalue weighted by Crippen LogP contribution is -2.08. The topological polar surface area (TPSA) is 40.9 Å². The van der Waals surface area contributed by atoms with Gasteiger partial charge in [0.05, 0.1) is 11.6 Å². The Hall–Kier alpha value is -5.22. The third-order valence-corrected chi connectivity index (χ3v) is 11.4. The summed E-state index contributed by atoms with van der Waals surface area (Å²) < 4.78 is 14.2. The van der Waals surface area contributed by atoms with E-state index in [1.165, 1.54) is 32.7 Å². The molecule has 8 rings (SSSR count). The summed E-state index contributed by atoms with van der Waals surface area (Å²) >= 11 is 0. The lowest BCUT2D eigenvalue weighted by atomic mass is 9.83. The molecule has 7 aromatic rings. The van der Waals surface area contributed by atoms with Crippen LogP contribution >= 0.6 is 7.14 Å². The predicted octanol–water partition coefficient (Wildman–Crippen LogP) is 9.79. The van der Waals surface area contributed by atoms with Gasteiger partial charge in [-0.15, -0.1) is 0 Å². The van der Waals surface area contributed by atoms with Gasteiger partial charge in [-0.2, -0.15) is 5.26 Å². The van der Waals surface area contributed by atoms with Gasteiger partial charge in [0, 0.05) is 16.2 Å². The second-order valence-electron chi connectivity index (χ2n) is 11.3. The van der Waals surface area contributed by atoms with E-state index in [1.807, 2.05) is 55.2 Å². The summed E-state index contributed by atoms with van der Waals surface area (Å²) in [5, 5.41) is 16.0. The van der Waals surface area contributed by atoms with Crippen molar-refractivity contribution in [2.24, 2.45) is 0 Å². The molecule has 1 atom stereocenters. The Labute approximate surface area is 250 Å². The molecule has 0 N–H and O–H groups in total. The molecule has 3 heteroatoms. The van der Waals surface area contributed by atoms with Gasteiger partial charge in [0.25, 0.3) is 0 Å². The van der Waals surface area contributed by atoms with Crippen molar-refractivity contribution in [1.82, 2.24) is 0 Å². The quantitative estimate of drug-likeness (QED) is 0.158. The zero-order chi connectivity index (χ0) is 29.1. The first-order valence-electron chi connectivity index (χ1n) is 14.4. The smallest absolute Gasteiger partial charge is 0.141 e. The number of hydrogen-bond acceptors (Lipinski definition) is 2. The average Bonchev–Trinajstić information content (AvgIpc) is 3.30. The lowest BCUT2D eigenvalue weighted by Gasteiger charge is -2.20. The summed E-state index contributed by atoms with van der Waals surface area (Å²) in [6.45, 7) is 1.90. The zero-order valence-corrected chi connectivity index (χ0v) is 24.5. The summed E-state index contributed by atoms with van der Waals surface area (Å²) in [6.07, 6.45) is 0. The SMILES string of the molecule is CP1(=O)c2ccccc2-c2c(-c3c4ccccc4c(-c4ccc(-c5cccc(C#N)c5)cc4)c4ccccc34)cccc21. The number of benzene rings is 7. The summed E-state index contributed by atoms with van der Waals surface area (Å²) in [4.78, 5) is 0. The fraction of sp³-hybridized carbons (Fsp3) is 0.0250. The van der Waals surface area contributed by atoms with Crippen molar-refractivity contribution in [2.45, 2.75) is 0 Å². The summed E-state index contributed by atoms with van der Waals surface area (Å²) in [5.74, 6) is 0. The summed E-state index contributed by atoms with van der Waals surface area (Å²) in [6, 6.07) is 50.4. The number of rotatable bonds is 3. The van der Waals surface area contributed by atoms with Gasteiger partial charge >= 0.3 is 0 Å². The molecule has 1 heterocycles. The third kappa shape index (κ3) is 3.83. The van der Waals surface area contributed by atoms with Crippen molar-refractivity contribution in [3.05, 3.63) is 145 Å². The summed E-state index contributed by atoms with van der Waals surface area (Å²) in [5.41, 5.74) is 9.56. The van der Waals surface area contributed by atoms with Gasteiger partial charge in [0.1, 0.15) is 7.14 Å². The molecule has 0 radical (unpaired) electrons. The van der Waals surface area contributed by atoms with Crippen LogP contribution in [0, 0.1) is 11.3 Å². The van der Waals surface area contributed by atoms with Gasteiger partial charge in [-0.05, 0) is 79.3 Å². The molecular weight excluding hydrogens is 541 g/mol. The first-order chi connectivity index (χ1) is 21.1. The highest BCUT2D eigenvalue weighted by atomic mass is 31.2. The van der Waals surface area contributed by atoms with Crippen molar-refractivity contribution >= 4 is 39.3 Å². The monoisotopic (exact) mass is 567 g/mol. The Morgan fingerprint density at radius 2 is 1.02 bits per heavy atom. The Balaban J connectivity index is 1.40. The number of fused-ring (bicyclic) bond motifs is 5. The molecule has 7 aromatic carbocycles. The molecule has 202 valence electrons. The molecule has 0 bridgehead atoms. The molecule has 2 nitrogen and oxygen atoms in total. The number of nitriles is 1. The van der Waals surface area contributed by atoms with E-state index in [0.717, 1.165) is 44.0 Å². The Morgan fingerprint density at radius 3 is 1.70 bits per heavy atom. The molecule has 1 unspecified atom stereocenters. The predicted molar refractivity (Wildman–Crippen MR) is 181 cm³/mol. The highest BCUT2D eigenvalue weighted by molar-refractivity contribution is 7.79. The largest absolute Gasteiger partial charge is 0.314 e. The van der Waals surface area contributed by atoms with Crippen LogP contribution in [-0.2, 0) is 4.57 Å². The van der Waals surface area contributed by atoms with E-state index in [0.29, 0.717) is 5.56 Å². The average molecular weight is 568 g/mol. The van der Waals surface area contributed by atoms with E-state index in [2.05, 4.69) is 97.1 Å². The Kier molecular flexibility index (Phi) is 5.73. The van der Waals surface area contributed by atoms with Crippen molar-refractivity contribution in [3.63, 3.8) is 0 Å². The van der Waals surface area contributed by atoms with Crippen LogP contribution in [0.15, 0.2) is 140 Å². The Bertz CT molecular complexity index is 2290. The highest BCUT2D eigenvalue weighted by Gasteiger charge is 2.36. The van der Waals surface area contributed by atoms with Crippen LogP contribution in [0.2, 0.25) is 0 Å². The minimum absolute atomic E-state index is 0.656. The minimum atomic E-state index is -2.70. The highest BCUT2D eigenvalue weighted by Crippen LogP contribution is 2.54. The maximum atomic E-state index is 14.2. The molecule has 0 aliphatic carbocycles. The zero-order valence-electron chi connectivity index (χ0n) is 23.6. The van der Waals surface area contributed by atoms with Crippen LogP contribution in [0.3, 0.4) is 0 Å². The van der Waals surface area contributed by atoms with Crippen LogP contribution in [0.25, 0.3) is 66.1 Å². The molecule has 0 saturated heterocycles. The normalized spacial score (nSPS) is 15.3. The fourth-order valence-electron chi connectivity index (χ4n) is 6.90. The maximum absolute atomic E-state index is 14.2. The molecule has 0 aromatic heterocycles. The molecular formula is C40H26NOP. The number of nitrogens with zero attached hydrogens (tertiary/aromatic N) is 1. The van der Waals surface area contributed by atoms with Gasteiger partial charge < -0.3 is 4.57 Å². The fourth-order valence-corrected chi connectivity index (χ4v) is 9.22. The second-order valence-corrected chi connectivity index (χ2v) is 14.1. The van der Waals surface area contributed by atoms with E-state index < -0.39 is 7.14 Å². The second kappa shape index (κ2) is 9.67. The molecule has 0 fully saturated rings. The maximum Gasteiger partial charge on any atom is 0.141 e. The third-order valence-electron chi connectivity index (χ3n) is 8.83. The first-order valence-corrected chi connectivity index (χ1v) is 16.6. The van der Waals surface area contributed by atoms with Gasteiger partial charge in [-0.25, -0.2) is 0 Å². The van der Waals surface area contributed by atoms with Crippen molar-refractivity contribution in [1.29, 1.82) is 5.26 Å². The lowest BCUT2D eigenvalue weighted by molar-refractivity contribution is 0.591. The van der Waals surface area contributed by atoms with Crippen molar-refractivity contribution < 1.29 is 4.57 Å². The van der Waals surface area contributed by atoms with Gasteiger partial charge in [-0.1, -0.05) is 127 Å². The summed E-state index contributed by atoms with van der Waals surface area (Å²) in [7, 11) is -2.70. The van der Waals surface area contributed by atoms with Gasteiger partial charge in [0.2, 0.25) is 0 Å². The van der Waals surface area contributed by atoms with Gasteiger partial charge in [0.15, 0.2) is 0 Å². The minimum Gasteiger partial charge on any atom is -0.314 e. The molecule has 0 saturated carbocycles. The van der Waals surface area contributed by atoms with Crippen molar-refractivity contribution in [2.75, 3.05) is 6.66 Å². The van der Waals surface area contributed by atoms with Crippen LogP contribution in [0.5, 0.6) is 0 Å². The van der Waals surface area contributed by atoms with E-state index in [4.69, 9.17) is 0 Å². The molecule has 1 aliphatic heterocycles. The standard InChI is InChI=1S/C40H26NOP/c1-43(42)36-18-7-6-16-34(36)40-35(17-9-19-37(40)43)39-32-14-4-2-12-30(32)38(31-13-3-5-15-33(31)39)28-22-20-27(21-23-28)29-11-8-10-26(24-29)25-41/h2-24H,1H3. The Morgan fingerprint density at radius 1 is 0.488 bits per heavy atom. The van der Waals surface area contributed by atoms with Crippen LogP contribution < -0.4 is 10.6 Å². The molecule has 0 spiro atoms. The van der Waals surface area contributed by atoms with Gasteiger partial charge in [-0.3, -0.25) is 0 Å². The molecule has 0 amide bonds. The van der Waals surface area contributed by atoms with Crippen LogP contribution in [0.4, 0.5) is 0 Å². The van der Waals surface area contributed by atoms with E-state index in [-0.39, 0.29) is 0 Å². The van der Waals surface area contributed by atoms with E-state index in [1.54, 1.807) is 0 Å². The van der Waals surface area contributed by atoms with E-state index >= 15 is 0 Å². The molecule has 1 aliphatic rings. The van der Waals surface area contributed by atoms with E-state index in [9.17, 15) is 9.83 Å². The number of hydrogen-bond donors (Lipinski definition) is 0. The molecule has 43 heavy (non-hydrogen) atoms. The van der Waals surface area contributed by atoms with Crippen LogP contribution in [-0.4, -0.2) is 6.66 Å². The van der Waals surface area contributed by atoms with Crippen LogP contribution in [0.1, 0.15) is 5.56 Å². The van der Waals surface area contributed by atoms with Crippen molar-refractivity contribution in [3.8, 4) is 50.6 Å².